The molecule has 8 aliphatic rings. The molecule has 8 fully saturated rings. The highest BCUT2D eigenvalue weighted by molar-refractivity contribution is 7.84. The van der Waals surface area contributed by atoms with E-state index in [1.807, 2.05) is 0 Å². The molecule has 2 nitrogen and oxygen atoms in total. The molecular formula is C37H50NOPS. The highest BCUT2D eigenvalue weighted by atomic mass is 32.2. The number of nitrogens with one attached hydrogen (secondary N) is 1. The largest absolute Gasteiger partial charge is 0.242 e. The second kappa shape index (κ2) is 10.0. The molecule has 2 aromatic rings. The van der Waals surface area contributed by atoms with E-state index in [1.54, 1.807) is 5.30 Å². The minimum Gasteiger partial charge on any atom is -0.242 e. The van der Waals surface area contributed by atoms with Crippen molar-refractivity contribution in [1.29, 1.82) is 0 Å². The maximum atomic E-state index is 13.8. The van der Waals surface area contributed by atoms with Crippen molar-refractivity contribution < 1.29 is 4.21 Å². The zero-order valence-corrected chi connectivity index (χ0v) is 27.2. The summed E-state index contributed by atoms with van der Waals surface area (Å²) in [5.74, 6) is 5.85. The van der Waals surface area contributed by atoms with Gasteiger partial charge in [-0.2, -0.15) is 0 Å². The molecule has 220 valence electrons. The molecule has 8 saturated carbocycles. The van der Waals surface area contributed by atoms with E-state index in [9.17, 15) is 4.21 Å². The molecule has 2 aromatic carbocycles. The molecule has 10 rings (SSSR count). The van der Waals surface area contributed by atoms with Crippen LogP contribution in [0, 0.1) is 35.5 Å². The Labute approximate surface area is 252 Å². The van der Waals surface area contributed by atoms with E-state index >= 15 is 0 Å². The van der Waals surface area contributed by atoms with Gasteiger partial charge in [0.2, 0.25) is 0 Å². The predicted molar refractivity (Wildman–Crippen MR) is 174 cm³/mol. The van der Waals surface area contributed by atoms with E-state index in [4.69, 9.17) is 0 Å². The Morgan fingerprint density at radius 3 is 1.54 bits per heavy atom. The second-order valence-electron chi connectivity index (χ2n) is 16.5. The van der Waals surface area contributed by atoms with Crippen LogP contribution in [0.4, 0.5) is 0 Å². The lowest BCUT2D eigenvalue weighted by atomic mass is 9.55. The summed E-state index contributed by atoms with van der Waals surface area (Å²) < 4.78 is 17.2. The molecule has 2 atom stereocenters. The zero-order valence-electron chi connectivity index (χ0n) is 25.5. The summed E-state index contributed by atoms with van der Waals surface area (Å²) in [5, 5.41) is 2.74. The van der Waals surface area contributed by atoms with Gasteiger partial charge in [0.25, 0.3) is 0 Å². The van der Waals surface area contributed by atoms with E-state index < -0.39 is 11.0 Å². The fourth-order valence-corrected chi connectivity index (χ4v) is 18.1. The van der Waals surface area contributed by atoms with Gasteiger partial charge in [-0.15, -0.1) is 0 Å². The molecular weight excluding hydrogens is 537 g/mol. The molecule has 0 aliphatic heterocycles. The summed E-state index contributed by atoms with van der Waals surface area (Å²) in [4.78, 5) is 0. The van der Waals surface area contributed by atoms with E-state index in [-0.39, 0.29) is 18.7 Å². The third-order valence-electron chi connectivity index (χ3n) is 12.4. The van der Waals surface area contributed by atoms with Crippen molar-refractivity contribution in [2.24, 2.45) is 35.5 Å². The van der Waals surface area contributed by atoms with E-state index in [0.29, 0.717) is 10.3 Å². The Kier molecular flexibility index (Phi) is 6.71. The van der Waals surface area contributed by atoms with Crippen molar-refractivity contribution >= 4 is 24.2 Å². The average Bonchev–Trinajstić information content (AvgIpc) is 2.90. The maximum Gasteiger partial charge on any atom is 0.0979 e. The Morgan fingerprint density at radius 1 is 0.683 bits per heavy atom. The van der Waals surface area contributed by atoms with Gasteiger partial charge in [-0.25, -0.2) is 8.93 Å². The molecule has 0 amide bonds. The first-order chi connectivity index (χ1) is 19.7. The smallest absolute Gasteiger partial charge is 0.0979 e. The molecule has 0 heterocycles. The van der Waals surface area contributed by atoms with Gasteiger partial charge in [-0.05, 0) is 160 Å². The average molecular weight is 588 g/mol. The van der Waals surface area contributed by atoms with Crippen molar-refractivity contribution in [1.82, 2.24) is 4.72 Å². The molecule has 0 aromatic heterocycles. The topological polar surface area (TPSA) is 29.1 Å². The summed E-state index contributed by atoms with van der Waals surface area (Å²) in [5.41, 5.74) is 2.69. The van der Waals surface area contributed by atoms with Crippen LogP contribution in [0.5, 0.6) is 0 Å². The van der Waals surface area contributed by atoms with Crippen molar-refractivity contribution in [3.05, 3.63) is 65.7 Å². The van der Waals surface area contributed by atoms with Crippen LogP contribution < -0.4 is 10.0 Å². The number of hydrogen-bond acceptors (Lipinski definition) is 1. The summed E-state index contributed by atoms with van der Waals surface area (Å²) in [7, 11) is -1.49. The summed E-state index contributed by atoms with van der Waals surface area (Å²) in [6, 6.07) is 20.5. The Hall–Kier alpha value is -1.02. The van der Waals surface area contributed by atoms with Gasteiger partial charge in [-0.1, -0.05) is 62.5 Å². The van der Waals surface area contributed by atoms with Crippen molar-refractivity contribution in [2.75, 3.05) is 0 Å². The van der Waals surface area contributed by atoms with Gasteiger partial charge in [0.1, 0.15) is 0 Å². The molecule has 4 heteroatoms. The van der Waals surface area contributed by atoms with Crippen LogP contribution in [-0.2, 0) is 11.0 Å². The Morgan fingerprint density at radius 2 is 1.10 bits per heavy atom. The first-order valence-electron chi connectivity index (χ1n) is 16.8. The second-order valence-corrected chi connectivity index (χ2v) is 21.6. The third-order valence-corrected chi connectivity index (χ3v) is 17.8. The SMILES string of the molecule is CC(C)(C)[S@@](=O)N[C@@H](c1ccccc1)c1ccccc1P(C12CC3CC(CC(C3)C1)C2)C12CC3CC(CC(C3)C1)C2. The minimum absolute atomic E-state index is 0.0414. The van der Waals surface area contributed by atoms with Crippen LogP contribution in [0.1, 0.15) is 115 Å². The lowest BCUT2D eigenvalue weighted by Crippen LogP contribution is -2.58. The van der Waals surface area contributed by atoms with Crippen molar-refractivity contribution in [3.63, 3.8) is 0 Å². The fraction of sp³-hybridized carbons (Fsp3) is 0.676. The fourth-order valence-electron chi connectivity index (χ4n) is 11.9. The summed E-state index contributed by atoms with van der Waals surface area (Å²) in [6.07, 6.45) is 18.1. The summed E-state index contributed by atoms with van der Waals surface area (Å²) in [6.45, 7) is 6.30. The van der Waals surface area contributed by atoms with Gasteiger partial charge in [-0.3, -0.25) is 0 Å². The molecule has 0 radical (unpaired) electrons. The number of hydrogen-bond donors (Lipinski definition) is 1. The zero-order chi connectivity index (χ0) is 28.0. The monoisotopic (exact) mass is 587 g/mol. The predicted octanol–water partition coefficient (Wildman–Crippen LogP) is 8.87. The first kappa shape index (κ1) is 27.5. The molecule has 1 N–H and O–H groups in total. The highest BCUT2D eigenvalue weighted by Gasteiger charge is 2.63. The van der Waals surface area contributed by atoms with E-state index in [2.05, 4.69) is 80.1 Å². The van der Waals surface area contributed by atoms with Gasteiger partial charge in [0, 0.05) is 0 Å². The molecule has 41 heavy (non-hydrogen) atoms. The van der Waals surface area contributed by atoms with Crippen LogP contribution in [0.15, 0.2) is 54.6 Å². The van der Waals surface area contributed by atoms with E-state index in [1.165, 1.54) is 88.2 Å². The van der Waals surface area contributed by atoms with Crippen LogP contribution in [0.25, 0.3) is 0 Å². The number of benzene rings is 2. The standard InChI is InChI=1S/C37H50NOPS/c1-35(2,3)41(39)38-34(31-9-5-4-6-10-31)32-11-7-8-12-33(32)40(36-19-25-13-26(20-36)15-27(14-25)21-36)37-22-28-16-29(23-37)18-30(17-28)24-37/h4-12,25-30,34,38H,13-24H2,1-3H3/t25?,26?,27?,28?,29?,30?,34-,36?,37?,40?,41+/m0/s1. The lowest BCUT2D eigenvalue weighted by molar-refractivity contribution is 0.0195. The minimum atomic E-state index is -1.15. The Bertz CT molecular complexity index is 1200. The van der Waals surface area contributed by atoms with Gasteiger partial charge < -0.3 is 0 Å². The van der Waals surface area contributed by atoms with Crippen molar-refractivity contribution in [2.45, 2.75) is 119 Å². The first-order valence-corrected chi connectivity index (χ1v) is 19.3. The summed E-state index contributed by atoms with van der Waals surface area (Å²) >= 11 is 0. The highest BCUT2D eigenvalue weighted by Crippen LogP contribution is 2.78. The Balaban J connectivity index is 1.30. The van der Waals surface area contributed by atoms with Gasteiger partial charge >= 0.3 is 0 Å². The van der Waals surface area contributed by atoms with Gasteiger partial charge in [0.15, 0.2) is 0 Å². The molecule has 8 bridgehead atoms. The molecule has 0 spiro atoms. The van der Waals surface area contributed by atoms with Crippen molar-refractivity contribution in [3.8, 4) is 0 Å². The quantitative estimate of drug-likeness (QED) is 0.322. The van der Waals surface area contributed by atoms with Crippen LogP contribution in [0.3, 0.4) is 0 Å². The number of rotatable bonds is 7. The van der Waals surface area contributed by atoms with Crippen LogP contribution in [-0.4, -0.2) is 19.3 Å². The van der Waals surface area contributed by atoms with Crippen LogP contribution >= 0.6 is 7.92 Å². The molecule has 0 unspecified atom stereocenters. The third kappa shape index (κ3) is 4.75. The molecule has 8 aliphatic carbocycles. The normalized spacial score (nSPS) is 41.0. The maximum absolute atomic E-state index is 13.8. The van der Waals surface area contributed by atoms with Crippen LogP contribution in [0.2, 0.25) is 0 Å². The van der Waals surface area contributed by atoms with Gasteiger partial charge in [0.05, 0.1) is 21.8 Å². The lowest BCUT2D eigenvalue weighted by Gasteiger charge is -2.67. The van der Waals surface area contributed by atoms with E-state index in [0.717, 1.165) is 35.5 Å². The molecule has 0 saturated heterocycles.